The van der Waals surface area contributed by atoms with Crippen molar-refractivity contribution in [2.45, 2.75) is 19.3 Å². The number of rotatable bonds is 0. The molecular weight excluding hydrogens is 148 g/mol. The summed E-state index contributed by atoms with van der Waals surface area (Å²) in [5.41, 5.74) is 5.27. The Labute approximate surface area is 71.3 Å². The molecule has 1 N–H and O–H groups in total. The highest BCUT2D eigenvalue weighted by Gasteiger charge is 2.22. The molecule has 0 heterocycles. The summed E-state index contributed by atoms with van der Waals surface area (Å²) in [4.78, 5) is 0. The van der Waals surface area contributed by atoms with Crippen molar-refractivity contribution in [1.29, 1.82) is 0 Å². The number of aromatic hydroxyl groups is 1. The molecule has 2 bridgehead atoms. The van der Waals surface area contributed by atoms with Crippen LogP contribution >= 0.6 is 0 Å². The Morgan fingerprint density at radius 2 is 2.08 bits per heavy atom. The van der Waals surface area contributed by atoms with Crippen LogP contribution in [0.3, 0.4) is 0 Å². The number of hydrogen-bond donors (Lipinski definition) is 1. The molecule has 60 valence electrons. The molecule has 0 saturated heterocycles. The Bertz CT molecular complexity index is 388. The highest BCUT2D eigenvalue weighted by Crippen LogP contribution is 2.38. The molecule has 0 aromatic heterocycles. The lowest BCUT2D eigenvalue weighted by molar-refractivity contribution is 0.462. The first-order valence-corrected chi connectivity index (χ1v) is 4.39. The van der Waals surface area contributed by atoms with Crippen LogP contribution in [0.15, 0.2) is 12.1 Å². The molecule has 0 unspecified atom stereocenters. The monoisotopic (exact) mass is 158 g/mol. The van der Waals surface area contributed by atoms with E-state index in [-0.39, 0.29) is 0 Å². The maximum Gasteiger partial charge on any atom is 0.119 e. The van der Waals surface area contributed by atoms with Gasteiger partial charge in [-0.1, -0.05) is 12.2 Å². The molecule has 3 aliphatic carbocycles. The maximum absolute atomic E-state index is 9.58. The third-order valence-corrected chi connectivity index (χ3v) is 2.91. The predicted octanol–water partition coefficient (Wildman–Crippen LogP) is 2.06. The number of phenolic OH excluding ortho intramolecular Hbond substituents is 1. The van der Waals surface area contributed by atoms with Crippen LogP contribution in [-0.4, -0.2) is 5.11 Å². The average molecular weight is 158 g/mol. The summed E-state index contributed by atoms with van der Waals surface area (Å²) in [6.45, 7) is 0. The van der Waals surface area contributed by atoms with Crippen molar-refractivity contribution in [2.24, 2.45) is 0 Å². The minimum absolute atomic E-state index is 0.501. The molecule has 0 fully saturated rings. The third-order valence-electron chi connectivity index (χ3n) is 2.91. The Morgan fingerprint density at radius 1 is 1.17 bits per heavy atom. The second-order valence-corrected chi connectivity index (χ2v) is 3.53. The molecule has 1 aromatic carbocycles. The molecule has 0 radical (unpaired) electrons. The Morgan fingerprint density at radius 3 is 2.92 bits per heavy atom. The molecule has 0 aliphatic heterocycles. The van der Waals surface area contributed by atoms with Gasteiger partial charge in [-0.15, -0.1) is 0 Å². The van der Waals surface area contributed by atoms with Gasteiger partial charge in [0.15, 0.2) is 0 Å². The van der Waals surface area contributed by atoms with Gasteiger partial charge < -0.3 is 5.11 Å². The molecule has 1 heteroatoms. The van der Waals surface area contributed by atoms with Crippen molar-refractivity contribution in [3.05, 3.63) is 34.4 Å². The van der Waals surface area contributed by atoms with Crippen molar-refractivity contribution in [1.82, 2.24) is 0 Å². The van der Waals surface area contributed by atoms with Crippen molar-refractivity contribution in [2.75, 3.05) is 0 Å². The van der Waals surface area contributed by atoms with E-state index in [2.05, 4.69) is 12.2 Å². The van der Waals surface area contributed by atoms with Gasteiger partial charge >= 0.3 is 0 Å². The van der Waals surface area contributed by atoms with Gasteiger partial charge in [0.2, 0.25) is 0 Å². The van der Waals surface area contributed by atoms with Gasteiger partial charge in [0.05, 0.1) is 0 Å². The first kappa shape index (κ1) is 6.30. The lowest BCUT2D eigenvalue weighted by atomic mass is 9.85. The van der Waals surface area contributed by atoms with Crippen LogP contribution in [0.1, 0.15) is 22.3 Å². The summed E-state index contributed by atoms with van der Waals surface area (Å²) in [7, 11) is 0. The van der Waals surface area contributed by atoms with Gasteiger partial charge in [-0.05, 0) is 42.0 Å². The first-order chi connectivity index (χ1) is 5.86. The third kappa shape index (κ3) is 0.596. The number of hydrogen-bond acceptors (Lipinski definition) is 1. The Balaban J connectivity index is 2.42. The van der Waals surface area contributed by atoms with Crippen molar-refractivity contribution < 1.29 is 5.11 Å². The number of phenols is 1. The van der Waals surface area contributed by atoms with E-state index in [9.17, 15) is 5.11 Å². The van der Waals surface area contributed by atoms with E-state index in [0.717, 1.165) is 24.8 Å². The summed E-state index contributed by atoms with van der Waals surface area (Å²) < 4.78 is 0. The predicted molar refractivity (Wildman–Crippen MR) is 48.3 cm³/mol. The number of aryl methyl sites for hydroxylation is 1. The lowest BCUT2D eigenvalue weighted by Crippen LogP contribution is -2.07. The molecule has 0 spiro atoms. The van der Waals surface area contributed by atoms with Crippen LogP contribution in [0.4, 0.5) is 0 Å². The molecule has 0 amide bonds. The van der Waals surface area contributed by atoms with Gasteiger partial charge in [0, 0.05) is 5.56 Å². The zero-order chi connectivity index (χ0) is 8.13. The zero-order valence-electron chi connectivity index (χ0n) is 6.80. The van der Waals surface area contributed by atoms with Crippen molar-refractivity contribution >= 4 is 6.08 Å². The fraction of sp³-hybridized carbons (Fsp3) is 0.273. The average Bonchev–Trinajstić information content (AvgIpc) is 2.53. The van der Waals surface area contributed by atoms with Crippen LogP contribution in [0, 0.1) is 0 Å². The van der Waals surface area contributed by atoms with Crippen molar-refractivity contribution in [3.63, 3.8) is 0 Å². The Kier molecular flexibility index (Phi) is 1.01. The summed E-state index contributed by atoms with van der Waals surface area (Å²) in [5.74, 6) is 0.501. The highest BCUT2D eigenvalue weighted by molar-refractivity contribution is 5.70. The molecule has 1 nitrogen and oxygen atoms in total. The quantitative estimate of drug-likeness (QED) is 0.612. The maximum atomic E-state index is 9.58. The van der Waals surface area contributed by atoms with Gasteiger partial charge in [-0.2, -0.15) is 0 Å². The minimum Gasteiger partial charge on any atom is -0.508 e. The fourth-order valence-corrected chi connectivity index (χ4v) is 2.31. The topological polar surface area (TPSA) is 20.2 Å². The molecule has 1 aromatic rings. The molecule has 0 saturated carbocycles. The summed E-state index contributed by atoms with van der Waals surface area (Å²) >= 11 is 0. The van der Waals surface area contributed by atoms with E-state index in [0.29, 0.717) is 5.75 Å². The summed E-state index contributed by atoms with van der Waals surface area (Å²) in [6.07, 6.45) is 7.55. The van der Waals surface area contributed by atoms with E-state index in [4.69, 9.17) is 0 Å². The standard InChI is InChI=1S/C11H10O/c12-11-6-7-4-5-10(11)9-3-1-2-8(7)9/h1,3,6,12H,2,4-5H2. The van der Waals surface area contributed by atoms with Crippen LogP contribution in [0.2, 0.25) is 0 Å². The summed E-state index contributed by atoms with van der Waals surface area (Å²) in [5, 5.41) is 9.58. The number of benzene rings is 1. The second-order valence-electron chi connectivity index (χ2n) is 3.53. The molecule has 3 aliphatic rings. The SMILES string of the molecule is Oc1cc2c3c(c1CC2)C=CC3. The van der Waals surface area contributed by atoms with Crippen LogP contribution in [0.5, 0.6) is 5.75 Å². The summed E-state index contributed by atoms with van der Waals surface area (Å²) in [6, 6.07) is 1.94. The van der Waals surface area contributed by atoms with E-state index >= 15 is 0 Å². The zero-order valence-corrected chi connectivity index (χ0v) is 6.80. The normalized spacial score (nSPS) is 17.0. The van der Waals surface area contributed by atoms with Gasteiger partial charge in [0.1, 0.15) is 5.75 Å². The Hall–Kier alpha value is -1.24. The lowest BCUT2D eigenvalue weighted by Gasteiger charge is -2.20. The van der Waals surface area contributed by atoms with E-state index in [1.807, 2.05) is 6.07 Å². The van der Waals surface area contributed by atoms with Crippen LogP contribution in [0.25, 0.3) is 6.08 Å². The largest absolute Gasteiger partial charge is 0.508 e. The fourth-order valence-electron chi connectivity index (χ4n) is 2.31. The minimum atomic E-state index is 0.501. The van der Waals surface area contributed by atoms with E-state index in [1.54, 1.807) is 0 Å². The van der Waals surface area contributed by atoms with Crippen molar-refractivity contribution in [3.8, 4) is 5.75 Å². The molecule has 4 rings (SSSR count). The number of allylic oxidation sites excluding steroid dienone is 1. The smallest absolute Gasteiger partial charge is 0.119 e. The first-order valence-electron chi connectivity index (χ1n) is 4.39. The molecular formula is C11H10O. The van der Waals surface area contributed by atoms with Crippen LogP contribution in [-0.2, 0) is 19.3 Å². The molecule has 12 heavy (non-hydrogen) atoms. The van der Waals surface area contributed by atoms with E-state index in [1.165, 1.54) is 16.7 Å². The van der Waals surface area contributed by atoms with Gasteiger partial charge in [-0.3, -0.25) is 0 Å². The molecule has 0 atom stereocenters. The highest BCUT2D eigenvalue weighted by atomic mass is 16.3. The van der Waals surface area contributed by atoms with Gasteiger partial charge in [0.25, 0.3) is 0 Å². The van der Waals surface area contributed by atoms with Gasteiger partial charge in [-0.25, -0.2) is 0 Å². The number of fused-ring (bicyclic) bond motifs is 2. The van der Waals surface area contributed by atoms with E-state index < -0.39 is 0 Å². The second kappa shape index (κ2) is 1.92. The van der Waals surface area contributed by atoms with Crippen LogP contribution < -0.4 is 0 Å².